The molecule has 0 spiro atoms. The van der Waals surface area contributed by atoms with Gasteiger partial charge in [0.2, 0.25) is 0 Å². The van der Waals surface area contributed by atoms with Gasteiger partial charge in [-0.05, 0) is 51.4 Å². The van der Waals surface area contributed by atoms with Crippen LogP contribution in [-0.4, -0.2) is 56.0 Å². The van der Waals surface area contributed by atoms with Crippen LogP contribution in [0.5, 0.6) is 0 Å². The molecule has 3 fully saturated rings. The maximum atomic E-state index is 11.2. The van der Waals surface area contributed by atoms with E-state index in [1.165, 1.54) is 6.92 Å². The minimum Gasteiger partial charge on any atom is -0.390 e. The number of aliphatic hydroxyl groups is 4. The Hall–Kier alpha value is -0.460. The molecule has 0 aromatic rings. The van der Waals surface area contributed by atoms with Crippen LogP contribution in [0, 0.1) is 23.7 Å². The summed E-state index contributed by atoms with van der Waals surface area (Å²) in [6.07, 6.45) is -1.01. The van der Waals surface area contributed by atoms with Crippen molar-refractivity contribution in [1.29, 1.82) is 0 Å². The number of aliphatic hydroxyl groups excluding tert-OH is 2. The zero-order valence-corrected chi connectivity index (χ0v) is 15.9. The maximum Gasteiger partial charge on any atom is 0.116 e. The van der Waals surface area contributed by atoms with E-state index in [0.29, 0.717) is 18.3 Å². The van der Waals surface area contributed by atoms with Crippen LogP contribution in [0.15, 0.2) is 12.2 Å². The maximum absolute atomic E-state index is 11.2. The molecule has 4 N–H and O–H groups in total. The highest BCUT2D eigenvalue weighted by molar-refractivity contribution is 5.20. The molecular formula is C20H34O5. The molecule has 2 aliphatic heterocycles. The lowest BCUT2D eigenvalue weighted by Gasteiger charge is -2.45. The summed E-state index contributed by atoms with van der Waals surface area (Å²) in [4.78, 5) is 0. The van der Waals surface area contributed by atoms with Crippen molar-refractivity contribution >= 4 is 0 Å². The Bertz CT molecular complexity index is 526. The van der Waals surface area contributed by atoms with Crippen LogP contribution >= 0.6 is 0 Å². The van der Waals surface area contributed by atoms with Crippen LogP contribution in [-0.2, 0) is 4.74 Å². The minimum absolute atomic E-state index is 0.0712. The molecule has 2 bridgehead atoms. The normalized spacial score (nSPS) is 54.0. The Morgan fingerprint density at radius 3 is 2.40 bits per heavy atom. The summed E-state index contributed by atoms with van der Waals surface area (Å²) in [7, 11) is 0. The fraction of sp³-hybridized carbons (Fsp3) is 0.900. The average molecular weight is 354 g/mol. The molecule has 25 heavy (non-hydrogen) atoms. The molecule has 1 aliphatic carbocycles. The molecule has 3 rings (SSSR count). The number of hydrogen-bond donors (Lipinski definition) is 4. The van der Waals surface area contributed by atoms with Gasteiger partial charge in [-0.2, -0.15) is 0 Å². The molecule has 2 saturated heterocycles. The summed E-state index contributed by atoms with van der Waals surface area (Å²) in [5.74, 6) is 0.775. The van der Waals surface area contributed by atoms with Gasteiger partial charge in [0.05, 0.1) is 23.9 Å². The first-order valence-corrected chi connectivity index (χ1v) is 9.62. The predicted octanol–water partition coefficient (Wildman–Crippen LogP) is 1.63. The molecule has 0 aromatic heterocycles. The van der Waals surface area contributed by atoms with Crippen LogP contribution in [0.4, 0.5) is 0 Å². The van der Waals surface area contributed by atoms with Gasteiger partial charge in [0, 0.05) is 11.8 Å². The van der Waals surface area contributed by atoms with E-state index in [2.05, 4.69) is 20.4 Å². The van der Waals surface area contributed by atoms with E-state index in [9.17, 15) is 20.4 Å². The van der Waals surface area contributed by atoms with Crippen LogP contribution in [0.25, 0.3) is 0 Å². The molecule has 3 aliphatic rings. The van der Waals surface area contributed by atoms with Gasteiger partial charge in [-0.25, -0.2) is 0 Å². The van der Waals surface area contributed by atoms with Crippen molar-refractivity contribution in [1.82, 2.24) is 0 Å². The highest BCUT2D eigenvalue weighted by Crippen LogP contribution is 2.55. The molecule has 2 heterocycles. The Morgan fingerprint density at radius 2 is 1.80 bits per heavy atom. The van der Waals surface area contributed by atoms with Gasteiger partial charge in [0.1, 0.15) is 11.7 Å². The van der Waals surface area contributed by atoms with Crippen LogP contribution in [0.3, 0.4) is 0 Å². The summed E-state index contributed by atoms with van der Waals surface area (Å²) >= 11 is 0. The molecule has 0 radical (unpaired) electrons. The summed E-state index contributed by atoms with van der Waals surface area (Å²) in [5, 5.41) is 43.3. The summed E-state index contributed by atoms with van der Waals surface area (Å²) in [5.41, 5.74) is -1.78. The van der Waals surface area contributed by atoms with Crippen LogP contribution in [0.2, 0.25) is 0 Å². The van der Waals surface area contributed by atoms with Crippen molar-refractivity contribution in [2.45, 2.75) is 89.0 Å². The Morgan fingerprint density at radius 1 is 1.16 bits per heavy atom. The Labute approximate surface area is 150 Å². The number of hydrogen-bond acceptors (Lipinski definition) is 5. The number of ether oxygens (including phenoxy) is 1. The zero-order valence-electron chi connectivity index (χ0n) is 15.9. The van der Waals surface area contributed by atoms with Crippen LogP contribution < -0.4 is 0 Å². The van der Waals surface area contributed by atoms with Gasteiger partial charge in [-0.3, -0.25) is 0 Å². The third-order valence-corrected chi connectivity index (χ3v) is 7.16. The second-order valence-electron chi connectivity index (χ2n) is 9.31. The molecule has 5 nitrogen and oxygen atoms in total. The van der Waals surface area contributed by atoms with Crippen molar-refractivity contribution in [2.75, 3.05) is 0 Å². The fourth-order valence-electron chi connectivity index (χ4n) is 5.46. The van der Waals surface area contributed by atoms with E-state index < -0.39 is 35.6 Å². The van der Waals surface area contributed by atoms with Crippen molar-refractivity contribution < 1.29 is 25.2 Å². The summed E-state index contributed by atoms with van der Waals surface area (Å²) in [6.45, 7) is 11.8. The second-order valence-corrected chi connectivity index (χ2v) is 9.31. The molecule has 1 saturated carbocycles. The Kier molecular flexibility index (Phi) is 4.87. The average Bonchev–Trinajstić information content (AvgIpc) is 2.93. The van der Waals surface area contributed by atoms with Gasteiger partial charge in [0.15, 0.2) is 0 Å². The molecule has 0 unspecified atom stereocenters. The number of fused-ring (bicyclic) bond motifs is 5. The first-order valence-electron chi connectivity index (χ1n) is 9.62. The molecule has 5 heteroatoms. The van der Waals surface area contributed by atoms with Crippen molar-refractivity contribution in [3.63, 3.8) is 0 Å². The second kappa shape index (κ2) is 6.31. The number of rotatable bonds is 1. The predicted molar refractivity (Wildman–Crippen MR) is 94.8 cm³/mol. The highest BCUT2D eigenvalue weighted by atomic mass is 16.5. The van der Waals surface area contributed by atoms with Gasteiger partial charge < -0.3 is 25.2 Å². The minimum atomic E-state index is -1.68. The quantitative estimate of drug-likeness (QED) is 0.537. The molecule has 0 amide bonds. The lowest BCUT2D eigenvalue weighted by atomic mass is 9.60. The largest absolute Gasteiger partial charge is 0.390 e. The van der Waals surface area contributed by atoms with E-state index in [4.69, 9.17) is 4.74 Å². The third kappa shape index (κ3) is 2.98. The molecular weight excluding hydrogens is 320 g/mol. The van der Waals surface area contributed by atoms with E-state index >= 15 is 0 Å². The van der Waals surface area contributed by atoms with Gasteiger partial charge in [0.25, 0.3) is 0 Å². The third-order valence-electron chi connectivity index (χ3n) is 7.16. The zero-order chi connectivity index (χ0) is 18.7. The van der Waals surface area contributed by atoms with Gasteiger partial charge in [-0.1, -0.05) is 26.0 Å². The smallest absolute Gasteiger partial charge is 0.116 e. The topological polar surface area (TPSA) is 90.2 Å². The first-order chi connectivity index (χ1) is 11.5. The standard InChI is InChI=1S/C20H34O5/c1-10(2)12-7-6-11(3)14-15(12)18-19(4,23)9-8-13(21)20(5,24)17(22)16(14)25-18/h10,12-18,21-24H,3,6-9H2,1-2,4-5H3/t12-,13+,14+,15-,16-,17-,18+,19-,20-/m1/s1. The SMILES string of the molecule is C=C1CC[C@H](C(C)C)[C@@H]2[C@H]1[C@H]1O[C@@H]2[C@](C)(O)CC[C@H](O)[C@@](C)(O)[C@@H]1O. The molecule has 0 aromatic carbocycles. The molecule has 144 valence electrons. The fourth-order valence-corrected chi connectivity index (χ4v) is 5.46. The summed E-state index contributed by atoms with van der Waals surface area (Å²) < 4.78 is 6.26. The van der Waals surface area contributed by atoms with E-state index in [1.54, 1.807) is 6.92 Å². The summed E-state index contributed by atoms with van der Waals surface area (Å²) in [6, 6.07) is 0. The van der Waals surface area contributed by atoms with Gasteiger partial charge in [-0.15, -0.1) is 0 Å². The van der Waals surface area contributed by atoms with E-state index in [0.717, 1.165) is 18.4 Å². The van der Waals surface area contributed by atoms with Crippen molar-refractivity contribution in [3.8, 4) is 0 Å². The van der Waals surface area contributed by atoms with Crippen molar-refractivity contribution in [2.24, 2.45) is 23.7 Å². The van der Waals surface area contributed by atoms with Gasteiger partial charge >= 0.3 is 0 Å². The lowest BCUT2D eigenvalue weighted by molar-refractivity contribution is -0.180. The lowest BCUT2D eigenvalue weighted by Crippen LogP contribution is -2.57. The monoisotopic (exact) mass is 354 g/mol. The molecule has 9 atom stereocenters. The Balaban J connectivity index is 2.08. The highest BCUT2D eigenvalue weighted by Gasteiger charge is 2.61. The van der Waals surface area contributed by atoms with Crippen LogP contribution in [0.1, 0.15) is 53.4 Å². The van der Waals surface area contributed by atoms with E-state index in [1.807, 2.05) is 0 Å². The van der Waals surface area contributed by atoms with Crippen molar-refractivity contribution in [3.05, 3.63) is 12.2 Å². The first kappa shape index (κ1) is 19.3. The van der Waals surface area contributed by atoms with E-state index in [-0.39, 0.29) is 18.3 Å².